The highest BCUT2D eigenvalue weighted by atomic mass is 32.2. The van der Waals surface area contributed by atoms with Crippen LogP contribution in [0.25, 0.3) is 0 Å². The monoisotopic (exact) mass is 390 g/mol. The van der Waals surface area contributed by atoms with Crippen molar-refractivity contribution in [2.45, 2.75) is 39.5 Å². The van der Waals surface area contributed by atoms with Crippen LogP contribution in [0.15, 0.2) is 41.3 Å². The minimum atomic E-state index is -3.59. The molecule has 0 saturated carbocycles. The molecule has 0 spiro atoms. The summed E-state index contributed by atoms with van der Waals surface area (Å²) in [6.45, 7) is 12.1. The number of piperazine rings is 1. The number of ether oxygens (including phenoxy) is 1. The summed E-state index contributed by atoms with van der Waals surface area (Å²) < 4.78 is 33.7. The van der Waals surface area contributed by atoms with E-state index in [1.54, 1.807) is 12.1 Å². The molecule has 5 nitrogen and oxygen atoms in total. The predicted molar refractivity (Wildman–Crippen MR) is 110 cm³/mol. The van der Waals surface area contributed by atoms with E-state index in [0.717, 1.165) is 16.7 Å². The van der Waals surface area contributed by atoms with Crippen molar-refractivity contribution in [2.24, 2.45) is 0 Å². The molecule has 0 radical (unpaired) electrons. The molecule has 27 heavy (non-hydrogen) atoms. The van der Waals surface area contributed by atoms with Gasteiger partial charge in [0.25, 0.3) is 0 Å². The number of benzene rings is 2. The summed E-state index contributed by atoms with van der Waals surface area (Å²) in [4.78, 5) is 0.230. The van der Waals surface area contributed by atoms with Crippen LogP contribution in [-0.2, 0) is 10.0 Å². The van der Waals surface area contributed by atoms with Gasteiger partial charge in [-0.2, -0.15) is 4.31 Å². The maximum absolute atomic E-state index is 13.1. The number of hydrogen-bond acceptors (Lipinski definition) is 4. The summed E-state index contributed by atoms with van der Waals surface area (Å²) in [5.74, 6) is 1.02. The van der Waals surface area contributed by atoms with Gasteiger partial charge in [-0.25, -0.2) is 8.42 Å². The highest BCUT2D eigenvalue weighted by Gasteiger charge is 2.29. The summed E-state index contributed by atoms with van der Waals surface area (Å²) in [5, 5.41) is 3.18. The van der Waals surface area contributed by atoms with Crippen LogP contribution < -0.4 is 10.1 Å². The third kappa shape index (κ3) is 5.31. The lowest BCUT2D eigenvalue weighted by atomic mass is 10.1. The molecular formula is C21H30N2O3S. The fourth-order valence-corrected chi connectivity index (χ4v) is 4.68. The Morgan fingerprint density at radius 1 is 0.889 bits per heavy atom. The van der Waals surface area contributed by atoms with Gasteiger partial charge in [-0.05, 0) is 61.7 Å². The average molecular weight is 391 g/mol. The van der Waals surface area contributed by atoms with Crippen molar-refractivity contribution in [3.8, 4) is 11.5 Å². The van der Waals surface area contributed by atoms with Gasteiger partial charge >= 0.3 is 0 Å². The zero-order valence-corrected chi connectivity index (χ0v) is 17.7. The molecule has 0 bridgehead atoms. The Hall–Kier alpha value is -1.89. The third-order valence-corrected chi connectivity index (χ3v) is 6.14. The van der Waals surface area contributed by atoms with Crippen molar-refractivity contribution < 1.29 is 13.2 Å². The van der Waals surface area contributed by atoms with E-state index in [1.165, 1.54) is 4.31 Å². The topological polar surface area (TPSA) is 58.6 Å². The van der Waals surface area contributed by atoms with Crippen LogP contribution in [0.1, 0.15) is 30.5 Å². The van der Waals surface area contributed by atoms with E-state index in [9.17, 15) is 8.42 Å². The largest absolute Gasteiger partial charge is 0.456 e. The highest BCUT2D eigenvalue weighted by molar-refractivity contribution is 7.89. The van der Waals surface area contributed by atoms with Crippen LogP contribution in [0.4, 0.5) is 0 Å². The quantitative estimate of drug-likeness (QED) is 0.856. The summed E-state index contributed by atoms with van der Waals surface area (Å²) in [5.41, 5.74) is 3.05. The van der Waals surface area contributed by atoms with E-state index in [2.05, 4.69) is 11.4 Å². The zero-order valence-electron chi connectivity index (χ0n) is 16.9. The summed E-state index contributed by atoms with van der Waals surface area (Å²) >= 11 is 0. The first-order valence-electron chi connectivity index (χ1n) is 9.44. The summed E-state index contributed by atoms with van der Waals surface area (Å²) in [6, 6.07) is 11.2. The third-order valence-electron chi connectivity index (χ3n) is 4.22. The van der Waals surface area contributed by atoms with Crippen molar-refractivity contribution in [1.29, 1.82) is 0 Å². The standard InChI is InChI=1S/C19H24N2O3S.C2H6/c1-14-4-5-18(24-17-11-15(2)10-16(3)12-17)19(13-14)25(22,23)21-8-6-20-7-9-21;1-2/h4-5,10-13,20H,6-9H2,1-3H3;1-2H3. The molecule has 1 aliphatic rings. The van der Waals surface area contributed by atoms with Gasteiger partial charge < -0.3 is 10.1 Å². The molecule has 148 valence electrons. The molecule has 2 aromatic rings. The average Bonchev–Trinajstić information content (AvgIpc) is 2.65. The highest BCUT2D eigenvalue weighted by Crippen LogP contribution is 2.32. The first-order valence-corrected chi connectivity index (χ1v) is 10.9. The van der Waals surface area contributed by atoms with Gasteiger partial charge in [0.05, 0.1) is 0 Å². The molecule has 2 aromatic carbocycles. The fourth-order valence-electron chi connectivity index (χ4n) is 3.04. The Kier molecular flexibility index (Phi) is 7.41. The van der Waals surface area contributed by atoms with Crippen molar-refractivity contribution in [1.82, 2.24) is 9.62 Å². The van der Waals surface area contributed by atoms with Crippen molar-refractivity contribution in [3.05, 3.63) is 53.1 Å². The molecule has 1 fully saturated rings. The maximum atomic E-state index is 13.1. The Bertz CT molecular complexity index is 853. The van der Waals surface area contributed by atoms with E-state index in [4.69, 9.17) is 4.74 Å². The first kappa shape index (κ1) is 21.4. The first-order chi connectivity index (χ1) is 12.9. The zero-order chi connectivity index (χ0) is 20.0. The maximum Gasteiger partial charge on any atom is 0.246 e. The van der Waals surface area contributed by atoms with Crippen molar-refractivity contribution in [2.75, 3.05) is 26.2 Å². The lowest BCUT2D eigenvalue weighted by Gasteiger charge is -2.27. The molecule has 1 N–H and O–H groups in total. The molecular weight excluding hydrogens is 360 g/mol. The van der Waals surface area contributed by atoms with Crippen LogP contribution in [0.5, 0.6) is 11.5 Å². The number of nitrogens with zero attached hydrogens (tertiary/aromatic N) is 1. The Morgan fingerprint density at radius 2 is 1.48 bits per heavy atom. The Morgan fingerprint density at radius 3 is 2.07 bits per heavy atom. The van der Waals surface area contributed by atoms with Gasteiger partial charge in [-0.1, -0.05) is 26.0 Å². The second-order valence-electron chi connectivity index (χ2n) is 6.53. The van der Waals surface area contributed by atoms with Gasteiger partial charge in [0.2, 0.25) is 10.0 Å². The minimum absolute atomic E-state index is 0.230. The molecule has 0 atom stereocenters. The normalized spacial score (nSPS) is 15.0. The minimum Gasteiger partial charge on any atom is -0.456 e. The lowest BCUT2D eigenvalue weighted by Crippen LogP contribution is -2.46. The van der Waals surface area contributed by atoms with Gasteiger partial charge in [-0.3, -0.25) is 0 Å². The number of aryl methyl sites for hydroxylation is 3. The number of hydrogen-bond donors (Lipinski definition) is 1. The van der Waals surface area contributed by atoms with Gasteiger partial charge in [-0.15, -0.1) is 0 Å². The summed E-state index contributed by atoms with van der Waals surface area (Å²) in [6.07, 6.45) is 0. The molecule has 0 aromatic heterocycles. The molecule has 1 aliphatic heterocycles. The molecule has 1 saturated heterocycles. The van der Waals surface area contributed by atoms with Gasteiger partial charge in [0, 0.05) is 26.2 Å². The number of sulfonamides is 1. The lowest BCUT2D eigenvalue weighted by molar-refractivity contribution is 0.358. The van der Waals surface area contributed by atoms with E-state index >= 15 is 0 Å². The Balaban J connectivity index is 0.00000126. The van der Waals surface area contributed by atoms with Crippen molar-refractivity contribution in [3.63, 3.8) is 0 Å². The van der Waals surface area contributed by atoms with Crippen LogP contribution in [-0.4, -0.2) is 38.9 Å². The number of rotatable bonds is 4. The number of nitrogens with one attached hydrogen (secondary N) is 1. The van der Waals surface area contributed by atoms with E-state index in [-0.39, 0.29) is 4.90 Å². The molecule has 3 rings (SSSR count). The molecule has 6 heteroatoms. The van der Waals surface area contributed by atoms with E-state index in [1.807, 2.05) is 52.8 Å². The molecule has 1 heterocycles. The van der Waals surface area contributed by atoms with E-state index in [0.29, 0.717) is 37.7 Å². The van der Waals surface area contributed by atoms with Crippen LogP contribution >= 0.6 is 0 Å². The second-order valence-corrected chi connectivity index (χ2v) is 8.44. The van der Waals surface area contributed by atoms with Crippen LogP contribution in [0.3, 0.4) is 0 Å². The van der Waals surface area contributed by atoms with Crippen LogP contribution in [0, 0.1) is 20.8 Å². The predicted octanol–water partition coefficient (Wildman–Crippen LogP) is 4.02. The van der Waals surface area contributed by atoms with Gasteiger partial charge in [0.15, 0.2) is 0 Å². The van der Waals surface area contributed by atoms with Gasteiger partial charge in [0.1, 0.15) is 16.4 Å². The summed E-state index contributed by atoms with van der Waals surface area (Å²) in [7, 11) is -3.59. The molecule has 0 unspecified atom stereocenters. The smallest absolute Gasteiger partial charge is 0.246 e. The molecule has 0 aliphatic carbocycles. The van der Waals surface area contributed by atoms with E-state index < -0.39 is 10.0 Å². The molecule has 0 amide bonds. The second kappa shape index (κ2) is 9.35. The Labute approximate surface area is 163 Å². The SMILES string of the molecule is CC.Cc1cc(C)cc(Oc2ccc(C)cc2S(=O)(=O)N2CCNCC2)c1. The van der Waals surface area contributed by atoms with Crippen LogP contribution in [0.2, 0.25) is 0 Å². The van der Waals surface area contributed by atoms with Crippen molar-refractivity contribution >= 4 is 10.0 Å². The fraction of sp³-hybridized carbons (Fsp3) is 0.429.